The van der Waals surface area contributed by atoms with Crippen molar-refractivity contribution in [1.82, 2.24) is 5.32 Å². The predicted octanol–water partition coefficient (Wildman–Crippen LogP) is 3.46. The second-order valence-electron chi connectivity index (χ2n) is 6.42. The molecule has 7 heteroatoms. The first-order valence-corrected chi connectivity index (χ1v) is 8.53. The van der Waals surface area contributed by atoms with Crippen molar-refractivity contribution in [1.29, 1.82) is 0 Å². The third kappa shape index (κ3) is 8.10. The molecule has 0 aliphatic heterocycles. The average Bonchev–Trinajstić information content (AvgIpc) is 2.42. The maximum absolute atomic E-state index is 11.6. The zero-order chi connectivity index (χ0) is 18.3. The van der Waals surface area contributed by atoms with Crippen molar-refractivity contribution in [2.75, 3.05) is 13.2 Å². The molecule has 0 bridgehead atoms. The largest absolute Gasteiger partial charge is 0.482 e. The fourth-order valence-electron chi connectivity index (χ4n) is 1.81. The number of carbonyl (C=O) groups is 2. The van der Waals surface area contributed by atoms with Crippen molar-refractivity contribution in [2.45, 2.75) is 50.4 Å². The maximum atomic E-state index is 11.6. The topological polar surface area (TPSA) is 84.9 Å². The van der Waals surface area contributed by atoms with Gasteiger partial charge in [-0.15, -0.1) is 11.8 Å². The Morgan fingerprint density at radius 1 is 1.33 bits per heavy atom. The van der Waals surface area contributed by atoms with Gasteiger partial charge in [-0.1, -0.05) is 6.92 Å². The number of rotatable bonds is 7. The van der Waals surface area contributed by atoms with Gasteiger partial charge in [0.05, 0.1) is 0 Å². The van der Waals surface area contributed by atoms with Crippen LogP contribution in [-0.2, 0) is 9.53 Å². The highest BCUT2D eigenvalue weighted by Gasteiger charge is 2.16. The van der Waals surface area contributed by atoms with Crippen molar-refractivity contribution >= 4 is 23.8 Å². The number of aryl methyl sites for hydroxylation is 1. The lowest BCUT2D eigenvalue weighted by molar-refractivity contribution is -0.139. The molecule has 1 aromatic rings. The third-order valence-electron chi connectivity index (χ3n) is 2.77. The molecule has 0 saturated carbocycles. The van der Waals surface area contributed by atoms with Crippen LogP contribution in [0.15, 0.2) is 23.1 Å². The maximum Gasteiger partial charge on any atom is 0.407 e. The standard InChI is InChI=1S/C17H25NO5S/c1-11-8-13(6-7-14(11)22-10-15(19)20)24-12(2)9-18-16(21)23-17(3,4)5/h6-8,12H,9-10H2,1-5H3,(H,18,21)(H,19,20). The Morgan fingerprint density at radius 2 is 2.00 bits per heavy atom. The van der Waals surface area contributed by atoms with Gasteiger partial charge in [-0.25, -0.2) is 9.59 Å². The number of ether oxygens (including phenoxy) is 2. The predicted molar refractivity (Wildman–Crippen MR) is 93.9 cm³/mol. The van der Waals surface area contributed by atoms with E-state index in [1.807, 2.05) is 46.8 Å². The van der Waals surface area contributed by atoms with Crippen molar-refractivity contribution in [3.05, 3.63) is 23.8 Å². The summed E-state index contributed by atoms with van der Waals surface area (Å²) in [5.41, 5.74) is 0.358. The molecule has 1 amide bonds. The molecule has 1 aromatic carbocycles. The molecule has 1 rings (SSSR count). The normalized spacial score (nSPS) is 12.4. The van der Waals surface area contributed by atoms with Crippen molar-refractivity contribution in [3.63, 3.8) is 0 Å². The first-order chi connectivity index (χ1) is 11.1. The van der Waals surface area contributed by atoms with E-state index in [1.165, 1.54) is 0 Å². The van der Waals surface area contributed by atoms with E-state index in [1.54, 1.807) is 17.8 Å². The number of carbonyl (C=O) groups excluding carboxylic acids is 1. The van der Waals surface area contributed by atoms with Crippen LogP contribution in [0.25, 0.3) is 0 Å². The Hall–Kier alpha value is -1.89. The van der Waals surface area contributed by atoms with Crippen LogP contribution in [0.1, 0.15) is 33.3 Å². The summed E-state index contributed by atoms with van der Waals surface area (Å²) in [4.78, 5) is 23.2. The van der Waals surface area contributed by atoms with E-state index in [2.05, 4.69) is 5.32 Å². The van der Waals surface area contributed by atoms with Gasteiger partial charge in [0.2, 0.25) is 0 Å². The SMILES string of the molecule is Cc1cc(SC(C)CNC(=O)OC(C)(C)C)ccc1OCC(=O)O. The molecule has 134 valence electrons. The third-order valence-corrected chi connectivity index (χ3v) is 3.86. The van der Waals surface area contributed by atoms with Gasteiger partial charge < -0.3 is 19.9 Å². The van der Waals surface area contributed by atoms with Gasteiger partial charge in [-0.2, -0.15) is 0 Å². The Bertz CT molecular complexity index is 583. The van der Waals surface area contributed by atoms with Crippen molar-refractivity contribution < 1.29 is 24.2 Å². The van der Waals surface area contributed by atoms with Crippen LogP contribution < -0.4 is 10.1 Å². The molecule has 1 atom stereocenters. The van der Waals surface area contributed by atoms with Crippen LogP contribution in [0.2, 0.25) is 0 Å². The number of aliphatic carboxylic acids is 1. The lowest BCUT2D eigenvalue weighted by Gasteiger charge is -2.20. The Balaban J connectivity index is 2.49. The number of amides is 1. The number of carboxylic acid groups (broad SMARTS) is 1. The van der Waals surface area contributed by atoms with Gasteiger partial charge in [0.25, 0.3) is 0 Å². The molecule has 6 nitrogen and oxygen atoms in total. The molecule has 1 unspecified atom stereocenters. The van der Waals surface area contributed by atoms with E-state index < -0.39 is 17.7 Å². The molecule has 0 fully saturated rings. The first-order valence-electron chi connectivity index (χ1n) is 7.65. The van der Waals surface area contributed by atoms with E-state index >= 15 is 0 Å². The van der Waals surface area contributed by atoms with Crippen LogP contribution in [0.3, 0.4) is 0 Å². The highest BCUT2D eigenvalue weighted by Crippen LogP contribution is 2.28. The molecular weight excluding hydrogens is 330 g/mol. The second-order valence-corrected chi connectivity index (χ2v) is 7.93. The Kier molecular flexibility index (Phi) is 7.41. The molecule has 0 aliphatic rings. The van der Waals surface area contributed by atoms with E-state index in [9.17, 15) is 9.59 Å². The van der Waals surface area contributed by atoms with E-state index in [0.717, 1.165) is 10.5 Å². The summed E-state index contributed by atoms with van der Waals surface area (Å²) in [6, 6.07) is 5.57. The van der Waals surface area contributed by atoms with Crippen LogP contribution in [0, 0.1) is 6.92 Å². The molecule has 2 N–H and O–H groups in total. The fourth-order valence-corrected chi connectivity index (χ4v) is 2.83. The monoisotopic (exact) mass is 355 g/mol. The smallest absolute Gasteiger partial charge is 0.407 e. The number of thioether (sulfide) groups is 1. The van der Waals surface area contributed by atoms with E-state index in [4.69, 9.17) is 14.6 Å². The molecule has 0 aromatic heterocycles. The quantitative estimate of drug-likeness (QED) is 0.729. The summed E-state index contributed by atoms with van der Waals surface area (Å²) in [7, 11) is 0. The average molecular weight is 355 g/mol. The lowest BCUT2D eigenvalue weighted by atomic mass is 10.2. The summed E-state index contributed by atoms with van der Waals surface area (Å²) in [6.45, 7) is 9.46. The van der Waals surface area contributed by atoms with Crippen LogP contribution in [0.5, 0.6) is 5.75 Å². The van der Waals surface area contributed by atoms with Gasteiger partial charge >= 0.3 is 12.1 Å². The molecule has 24 heavy (non-hydrogen) atoms. The molecule has 0 radical (unpaired) electrons. The second kappa shape index (κ2) is 8.82. The molecule has 0 saturated heterocycles. The van der Waals surface area contributed by atoms with Gasteiger partial charge in [0.15, 0.2) is 6.61 Å². The Morgan fingerprint density at radius 3 is 2.54 bits per heavy atom. The molecule has 0 aliphatic carbocycles. The minimum Gasteiger partial charge on any atom is -0.482 e. The number of carboxylic acids is 1. The number of hydrogen-bond acceptors (Lipinski definition) is 5. The van der Waals surface area contributed by atoms with Gasteiger partial charge in [0.1, 0.15) is 11.4 Å². The molecular formula is C17H25NO5S. The number of benzene rings is 1. The van der Waals surface area contributed by atoms with Crippen molar-refractivity contribution in [2.24, 2.45) is 0 Å². The van der Waals surface area contributed by atoms with Crippen LogP contribution in [0.4, 0.5) is 4.79 Å². The highest BCUT2D eigenvalue weighted by molar-refractivity contribution is 8.00. The van der Waals surface area contributed by atoms with Crippen molar-refractivity contribution in [3.8, 4) is 5.75 Å². The summed E-state index contributed by atoms with van der Waals surface area (Å²) in [5, 5.41) is 11.5. The van der Waals surface area contributed by atoms with Crippen LogP contribution >= 0.6 is 11.8 Å². The van der Waals surface area contributed by atoms with E-state index in [-0.39, 0.29) is 11.9 Å². The van der Waals surface area contributed by atoms with Gasteiger partial charge in [-0.3, -0.25) is 0 Å². The van der Waals surface area contributed by atoms with Gasteiger partial charge in [0, 0.05) is 16.7 Å². The summed E-state index contributed by atoms with van der Waals surface area (Å²) >= 11 is 1.61. The Labute approximate surface area is 146 Å². The van der Waals surface area contributed by atoms with Gasteiger partial charge in [-0.05, 0) is 51.5 Å². The molecule has 0 heterocycles. The highest BCUT2D eigenvalue weighted by atomic mass is 32.2. The minimum absolute atomic E-state index is 0.155. The number of nitrogens with one attached hydrogen (secondary N) is 1. The molecule has 0 spiro atoms. The zero-order valence-corrected chi connectivity index (χ0v) is 15.5. The summed E-state index contributed by atoms with van der Waals surface area (Å²) < 4.78 is 10.4. The summed E-state index contributed by atoms with van der Waals surface area (Å²) in [5.74, 6) is -0.448. The zero-order valence-electron chi connectivity index (χ0n) is 14.7. The van der Waals surface area contributed by atoms with E-state index in [0.29, 0.717) is 12.3 Å². The number of alkyl carbamates (subject to hydrolysis) is 1. The fraction of sp³-hybridized carbons (Fsp3) is 0.529. The number of hydrogen-bond donors (Lipinski definition) is 2. The minimum atomic E-state index is -1.00. The van der Waals surface area contributed by atoms with Crippen LogP contribution in [-0.4, -0.2) is 41.2 Å². The first kappa shape index (κ1) is 20.2. The lowest BCUT2D eigenvalue weighted by Crippen LogP contribution is -2.35. The summed E-state index contributed by atoms with van der Waals surface area (Å²) in [6.07, 6.45) is -0.427.